The predicted octanol–water partition coefficient (Wildman–Crippen LogP) is 3.89. The van der Waals surface area contributed by atoms with Crippen LogP contribution in [-0.4, -0.2) is 86.5 Å². The number of ether oxygens (including phenoxy) is 4. The number of hydrogen-bond acceptors (Lipinski definition) is 11. The van der Waals surface area contributed by atoms with Crippen LogP contribution in [0.25, 0.3) is 22.3 Å². The van der Waals surface area contributed by atoms with Crippen LogP contribution in [0, 0.1) is 5.92 Å². The lowest BCUT2D eigenvalue weighted by atomic mass is 9.94. The van der Waals surface area contributed by atoms with Crippen LogP contribution in [0.15, 0.2) is 30.5 Å². The minimum Gasteiger partial charge on any atom is -0.495 e. The van der Waals surface area contributed by atoms with Gasteiger partial charge in [0.25, 0.3) is 0 Å². The van der Waals surface area contributed by atoms with Gasteiger partial charge in [-0.2, -0.15) is 0 Å². The molecule has 2 aliphatic rings. The zero-order chi connectivity index (χ0) is 30.7. The van der Waals surface area contributed by atoms with Gasteiger partial charge < -0.3 is 29.2 Å². The van der Waals surface area contributed by atoms with Gasteiger partial charge in [-0.05, 0) is 25.5 Å². The molecule has 0 bridgehead atoms. The van der Waals surface area contributed by atoms with Gasteiger partial charge in [-0.3, -0.25) is 14.9 Å². The number of aromatic nitrogens is 3. The van der Waals surface area contributed by atoms with Gasteiger partial charge >= 0.3 is 0 Å². The molecule has 228 valence electrons. The molecule has 4 heterocycles. The molecular weight excluding hydrogens is 599 g/mol. The minimum atomic E-state index is -0.479. The number of imide groups is 1. The topological polar surface area (TPSA) is 137 Å². The smallest absolute Gasteiger partial charge is 0.250 e. The Morgan fingerprint density at radius 3 is 2.51 bits per heavy atom. The average molecular weight is 632 g/mol. The first kappa shape index (κ1) is 30.7. The fourth-order valence-electron chi connectivity index (χ4n) is 5.21. The second-order valence-electron chi connectivity index (χ2n) is 10.5. The SMILES string of the molecule is COc1cc(OC)c(Cl)c(-c2nc(N3CC(C)(OC)C3)c3cc(N[C@@H]4COCC[C@H]4C=CC(=O)NC=O)ncc3n2)c1Cl. The molecule has 2 fully saturated rings. The Morgan fingerprint density at radius 1 is 1.14 bits per heavy atom. The summed E-state index contributed by atoms with van der Waals surface area (Å²) in [5, 5.41) is 6.83. The first-order chi connectivity index (χ1) is 20.7. The summed E-state index contributed by atoms with van der Waals surface area (Å²) >= 11 is 13.4. The molecule has 2 amide bonds. The monoisotopic (exact) mass is 630 g/mol. The lowest BCUT2D eigenvalue weighted by Crippen LogP contribution is -2.61. The molecule has 2 N–H and O–H groups in total. The van der Waals surface area contributed by atoms with Gasteiger partial charge in [0.1, 0.15) is 23.1 Å². The summed E-state index contributed by atoms with van der Waals surface area (Å²) in [4.78, 5) is 38.8. The van der Waals surface area contributed by atoms with Gasteiger partial charge in [0.15, 0.2) is 5.82 Å². The first-order valence-corrected chi connectivity index (χ1v) is 14.3. The maximum absolute atomic E-state index is 11.8. The van der Waals surface area contributed by atoms with Crippen molar-refractivity contribution < 1.29 is 28.5 Å². The van der Waals surface area contributed by atoms with E-state index in [1.807, 2.05) is 13.0 Å². The number of anilines is 2. The Kier molecular flexibility index (Phi) is 9.21. The maximum Gasteiger partial charge on any atom is 0.250 e. The number of methoxy groups -OCH3 is 3. The molecule has 0 aliphatic carbocycles. The molecule has 1 aromatic carbocycles. The van der Waals surface area contributed by atoms with Crippen molar-refractivity contribution in [3.63, 3.8) is 0 Å². The van der Waals surface area contributed by atoms with Crippen LogP contribution in [0.5, 0.6) is 11.5 Å². The van der Waals surface area contributed by atoms with Crippen molar-refractivity contribution in [1.82, 2.24) is 20.3 Å². The van der Waals surface area contributed by atoms with E-state index in [0.717, 1.165) is 5.39 Å². The fourth-order valence-corrected chi connectivity index (χ4v) is 5.88. The average Bonchev–Trinajstić information content (AvgIpc) is 2.99. The van der Waals surface area contributed by atoms with E-state index in [0.29, 0.717) is 79.2 Å². The molecular formula is C29H32Cl2N6O6. The quantitative estimate of drug-likeness (QED) is 0.249. The summed E-state index contributed by atoms with van der Waals surface area (Å²) < 4.78 is 22.3. The van der Waals surface area contributed by atoms with E-state index in [-0.39, 0.29) is 27.6 Å². The van der Waals surface area contributed by atoms with E-state index in [4.69, 9.17) is 52.1 Å². The predicted molar refractivity (Wildman–Crippen MR) is 163 cm³/mol. The molecule has 2 atom stereocenters. The molecule has 0 radical (unpaired) electrons. The number of halogens is 2. The van der Waals surface area contributed by atoms with E-state index in [1.54, 1.807) is 25.4 Å². The Balaban J connectivity index is 1.55. The summed E-state index contributed by atoms with van der Waals surface area (Å²) in [6.07, 6.45) is 5.86. The Hall–Kier alpha value is -3.71. The number of amides is 2. The zero-order valence-corrected chi connectivity index (χ0v) is 25.7. The molecule has 0 unspecified atom stereocenters. The van der Waals surface area contributed by atoms with Crippen LogP contribution in [-0.2, 0) is 19.1 Å². The number of pyridine rings is 1. The van der Waals surface area contributed by atoms with Crippen molar-refractivity contribution in [3.8, 4) is 22.9 Å². The zero-order valence-electron chi connectivity index (χ0n) is 24.1. The number of fused-ring (bicyclic) bond motifs is 1. The van der Waals surface area contributed by atoms with Crippen molar-refractivity contribution in [2.24, 2.45) is 5.92 Å². The van der Waals surface area contributed by atoms with Gasteiger partial charge in [-0.25, -0.2) is 15.0 Å². The highest BCUT2D eigenvalue weighted by atomic mass is 35.5. The van der Waals surface area contributed by atoms with E-state index in [9.17, 15) is 9.59 Å². The summed E-state index contributed by atoms with van der Waals surface area (Å²) in [6, 6.07) is 3.34. The highest BCUT2D eigenvalue weighted by Gasteiger charge is 2.40. The van der Waals surface area contributed by atoms with Crippen molar-refractivity contribution in [2.45, 2.75) is 25.0 Å². The van der Waals surface area contributed by atoms with E-state index in [2.05, 4.69) is 20.5 Å². The number of nitrogens with zero attached hydrogens (tertiary/aromatic N) is 4. The standard InChI is InChI=1S/C29H32Cl2N6O6/c1-29(42-4)13-37(14-29)28-17-9-22(34-19-12-43-8-7-16(19)5-6-23(39)33-15-38)32-11-18(17)35-27(36-28)24-25(30)20(40-2)10-21(41-3)26(24)31/h5-6,9-11,15-16,19H,7-8,12-14H2,1-4H3,(H,32,34)(H,33,38,39)/t16-,19-/m1/s1. The number of carbonyl (C=O) groups excluding carboxylic acids is 2. The van der Waals surface area contributed by atoms with Gasteiger partial charge in [-0.1, -0.05) is 29.3 Å². The van der Waals surface area contributed by atoms with Gasteiger partial charge in [0, 0.05) is 44.2 Å². The molecule has 3 aromatic rings. The van der Waals surface area contributed by atoms with Crippen molar-refractivity contribution >= 4 is 58.1 Å². The third-order valence-corrected chi connectivity index (χ3v) is 8.39. The molecule has 12 nitrogen and oxygen atoms in total. The molecule has 14 heteroatoms. The van der Waals surface area contributed by atoms with Gasteiger partial charge in [-0.15, -0.1) is 0 Å². The molecule has 0 saturated carbocycles. The van der Waals surface area contributed by atoms with Crippen LogP contribution < -0.4 is 25.0 Å². The largest absolute Gasteiger partial charge is 0.495 e. The first-order valence-electron chi connectivity index (χ1n) is 13.5. The van der Waals surface area contributed by atoms with E-state index < -0.39 is 5.91 Å². The summed E-state index contributed by atoms with van der Waals surface area (Å²) in [7, 11) is 4.70. The number of nitrogens with one attached hydrogen (secondary N) is 2. The lowest BCUT2D eigenvalue weighted by molar-refractivity contribution is -0.121. The van der Waals surface area contributed by atoms with Crippen LogP contribution in [0.1, 0.15) is 13.3 Å². The Labute approximate surface area is 258 Å². The van der Waals surface area contributed by atoms with Crippen LogP contribution in [0.4, 0.5) is 11.6 Å². The molecule has 43 heavy (non-hydrogen) atoms. The van der Waals surface area contributed by atoms with Crippen LogP contribution in [0.2, 0.25) is 10.0 Å². The summed E-state index contributed by atoms with van der Waals surface area (Å²) in [6.45, 7) is 4.22. The third kappa shape index (κ3) is 6.32. The molecule has 2 saturated heterocycles. The van der Waals surface area contributed by atoms with Crippen molar-refractivity contribution in [1.29, 1.82) is 0 Å². The van der Waals surface area contributed by atoms with E-state index in [1.165, 1.54) is 20.3 Å². The van der Waals surface area contributed by atoms with Crippen LogP contribution >= 0.6 is 23.2 Å². The summed E-state index contributed by atoms with van der Waals surface area (Å²) in [5.74, 6) is 1.79. The number of benzene rings is 1. The second kappa shape index (κ2) is 12.9. The molecule has 2 aliphatic heterocycles. The third-order valence-electron chi connectivity index (χ3n) is 7.64. The highest BCUT2D eigenvalue weighted by molar-refractivity contribution is 6.41. The van der Waals surface area contributed by atoms with Crippen molar-refractivity contribution in [2.75, 3.05) is 57.8 Å². The Bertz CT molecular complexity index is 1540. The van der Waals surface area contributed by atoms with Gasteiger partial charge in [0.05, 0.1) is 59.8 Å². The summed E-state index contributed by atoms with van der Waals surface area (Å²) in [5.41, 5.74) is 0.634. The number of rotatable bonds is 10. The lowest BCUT2D eigenvalue weighted by Gasteiger charge is -2.47. The normalized spacial score (nSPS) is 19.6. The minimum absolute atomic E-state index is 0.0214. The highest BCUT2D eigenvalue weighted by Crippen LogP contribution is 2.46. The molecule has 5 rings (SSSR count). The molecule has 0 spiro atoms. The second-order valence-corrected chi connectivity index (χ2v) is 11.3. The Morgan fingerprint density at radius 2 is 1.86 bits per heavy atom. The van der Waals surface area contributed by atoms with Crippen molar-refractivity contribution in [3.05, 3.63) is 40.5 Å². The number of carbonyl (C=O) groups is 2. The van der Waals surface area contributed by atoms with Crippen LogP contribution in [0.3, 0.4) is 0 Å². The molecule has 2 aromatic heterocycles. The number of hydrogen-bond donors (Lipinski definition) is 2. The fraction of sp³-hybridized carbons (Fsp3) is 0.414. The van der Waals surface area contributed by atoms with Gasteiger partial charge in [0.2, 0.25) is 12.3 Å². The van der Waals surface area contributed by atoms with E-state index >= 15 is 0 Å². The maximum atomic E-state index is 11.8.